The molecule has 2 heterocycles. The minimum Gasteiger partial charge on any atom is -0.467 e. The molecule has 0 bridgehead atoms. The molecule has 2 aromatic rings. The number of nitrogens with one attached hydrogen (secondary N) is 1. The van der Waals surface area contributed by atoms with Crippen LogP contribution in [-0.2, 0) is 17.6 Å². The number of halogens is 3. The number of fused-ring (bicyclic) bond motifs is 1. The summed E-state index contributed by atoms with van der Waals surface area (Å²) in [4.78, 5) is 10.3. The molecular formula is C21H24F3N5O3. The van der Waals surface area contributed by atoms with Gasteiger partial charge in [0.05, 0.1) is 19.8 Å². The van der Waals surface area contributed by atoms with Gasteiger partial charge in [-0.25, -0.2) is 0 Å². The van der Waals surface area contributed by atoms with Crippen molar-refractivity contribution >= 4 is 11.8 Å². The molecule has 1 aliphatic rings. The molecule has 1 aliphatic heterocycles. The van der Waals surface area contributed by atoms with E-state index in [0.29, 0.717) is 25.9 Å². The van der Waals surface area contributed by atoms with Crippen molar-refractivity contribution in [3.63, 3.8) is 0 Å². The maximum Gasteiger partial charge on any atom is 0.422 e. The Kier molecular flexibility index (Phi) is 8.08. The Morgan fingerprint density at radius 2 is 1.81 bits per heavy atom. The Bertz CT molecular complexity index is 922. The van der Waals surface area contributed by atoms with Gasteiger partial charge in [0.1, 0.15) is 6.07 Å². The van der Waals surface area contributed by atoms with Gasteiger partial charge in [0.25, 0.3) is 0 Å². The molecule has 1 aromatic carbocycles. The molecule has 172 valence electrons. The van der Waals surface area contributed by atoms with Gasteiger partial charge in [-0.05, 0) is 24.0 Å². The Hall–Kier alpha value is -3.10. The van der Waals surface area contributed by atoms with Gasteiger partial charge in [-0.1, -0.05) is 24.3 Å². The van der Waals surface area contributed by atoms with Gasteiger partial charge in [0.15, 0.2) is 18.0 Å². The average molecular weight is 451 g/mol. The number of aliphatic hydroxyl groups excluding tert-OH is 1. The van der Waals surface area contributed by atoms with Crippen LogP contribution in [0.25, 0.3) is 0 Å². The van der Waals surface area contributed by atoms with E-state index in [9.17, 15) is 18.4 Å². The summed E-state index contributed by atoms with van der Waals surface area (Å²) in [5.74, 6) is -0.160. The van der Waals surface area contributed by atoms with Gasteiger partial charge in [-0.2, -0.15) is 28.4 Å². The number of aromatic nitrogens is 2. The summed E-state index contributed by atoms with van der Waals surface area (Å²) in [7, 11) is 0. The number of nitrogens with zero attached hydrogens (tertiary/aromatic N) is 4. The van der Waals surface area contributed by atoms with E-state index >= 15 is 0 Å². The maximum atomic E-state index is 12.7. The molecule has 0 fully saturated rings. The van der Waals surface area contributed by atoms with Gasteiger partial charge < -0.3 is 24.8 Å². The lowest BCUT2D eigenvalue weighted by Crippen LogP contribution is -2.29. The highest BCUT2D eigenvalue weighted by Gasteiger charge is 2.31. The van der Waals surface area contributed by atoms with E-state index in [4.69, 9.17) is 14.6 Å². The summed E-state index contributed by atoms with van der Waals surface area (Å²) < 4.78 is 48.3. The minimum absolute atomic E-state index is 0.0329. The fourth-order valence-electron chi connectivity index (χ4n) is 3.37. The Morgan fingerprint density at radius 3 is 2.41 bits per heavy atom. The zero-order valence-electron chi connectivity index (χ0n) is 17.4. The van der Waals surface area contributed by atoms with Crippen LogP contribution in [0.1, 0.15) is 16.7 Å². The summed E-state index contributed by atoms with van der Waals surface area (Å²) in [6.45, 7) is 0.0514. The Labute approximate surface area is 183 Å². The summed E-state index contributed by atoms with van der Waals surface area (Å²) in [5.41, 5.74) is 2.24. The van der Waals surface area contributed by atoms with Crippen LogP contribution in [0.2, 0.25) is 0 Å². The largest absolute Gasteiger partial charge is 0.467 e. The second-order valence-electron chi connectivity index (χ2n) is 7.09. The first-order valence-corrected chi connectivity index (χ1v) is 10.2. The van der Waals surface area contributed by atoms with Crippen molar-refractivity contribution in [3.8, 4) is 11.9 Å². The summed E-state index contributed by atoms with van der Waals surface area (Å²) in [6.07, 6.45) is -3.16. The molecule has 11 heteroatoms. The number of hydrogen-bond donors (Lipinski definition) is 2. The number of hydrogen-bond acceptors (Lipinski definition) is 8. The van der Waals surface area contributed by atoms with Crippen LogP contribution in [-0.4, -0.2) is 67.3 Å². The second-order valence-corrected chi connectivity index (χ2v) is 7.09. The maximum absolute atomic E-state index is 12.7. The van der Waals surface area contributed by atoms with E-state index in [1.54, 1.807) is 0 Å². The lowest BCUT2D eigenvalue weighted by molar-refractivity contribution is -0.154. The highest BCUT2D eigenvalue weighted by atomic mass is 19.4. The predicted octanol–water partition coefficient (Wildman–Crippen LogP) is 2.32. The van der Waals surface area contributed by atoms with Crippen LogP contribution in [0.15, 0.2) is 24.3 Å². The first kappa shape index (κ1) is 23.6. The molecule has 32 heavy (non-hydrogen) atoms. The predicted molar refractivity (Wildman–Crippen MR) is 111 cm³/mol. The van der Waals surface area contributed by atoms with Gasteiger partial charge in [-0.3, -0.25) is 0 Å². The van der Waals surface area contributed by atoms with Crippen molar-refractivity contribution in [1.82, 2.24) is 9.97 Å². The number of ether oxygens (including phenoxy) is 2. The summed E-state index contributed by atoms with van der Waals surface area (Å²) >= 11 is 0. The van der Waals surface area contributed by atoms with Gasteiger partial charge in [0.2, 0.25) is 11.8 Å². The van der Waals surface area contributed by atoms with E-state index < -0.39 is 18.7 Å². The van der Waals surface area contributed by atoms with E-state index in [1.807, 2.05) is 35.2 Å². The van der Waals surface area contributed by atoms with Crippen LogP contribution < -0.4 is 15.0 Å². The van der Waals surface area contributed by atoms with Crippen molar-refractivity contribution in [2.45, 2.75) is 19.0 Å². The topological polar surface area (TPSA) is 104 Å². The Morgan fingerprint density at radius 1 is 1.12 bits per heavy atom. The molecule has 0 amide bonds. The highest BCUT2D eigenvalue weighted by Crippen LogP contribution is 2.30. The van der Waals surface area contributed by atoms with Gasteiger partial charge in [0, 0.05) is 19.6 Å². The first-order chi connectivity index (χ1) is 15.4. The third-order valence-corrected chi connectivity index (χ3v) is 4.83. The lowest BCUT2D eigenvalue weighted by Gasteiger charge is -2.24. The number of anilines is 2. The zero-order chi connectivity index (χ0) is 23.0. The number of rotatable bonds is 9. The molecule has 3 rings (SSSR count). The van der Waals surface area contributed by atoms with Gasteiger partial charge >= 0.3 is 6.18 Å². The Balaban J connectivity index is 1.86. The standard InChI is InChI=1S/C21H24F3N5O3/c22-21(23,24)14-32-19-17(13-25)18(27-20(28-19)26-7-11-31-12-10-30)29-8-5-15-3-1-2-4-16(15)6-9-29/h1-4,30H,5-12,14H2,(H,26,27,28). The van der Waals surface area contributed by atoms with Crippen molar-refractivity contribution in [2.24, 2.45) is 0 Å². The molecule has 8 nitrogen and oxygen atoms in total. The molecule has 0 spiro atoms. The lowest BCUT2D eigenvalue weighted by atomic mass is 10.0. The minimum atomic E-state index is -4.58. The zero-order valence-corrected chi connectivity index (χ0v) is 17.4. The van der Waals surface area contributed by atoms with Crippen LogP contribution in [0, 0.1) is 11.3 Å². The van der Waals surface area contributed by atoms with E-state index in [1.165, 1.54) is 11.1 Å². The third kappa shape index (κ3) is 6.45. The quantitative estimate of drug-likeness (QED) is 0.560. The van der Waals surface area contributed by atoms with E-state index in [2.05, 4.69) is 15.3 Å². The number of benzene rings is 1. The van der Waals surface area contributed by atoms with Crippen LogP contribution in [0.3, 0.4) is 0 Å². The molecule has 0 atom stereocenters. The number of alkyl halides is 3. The highest BCUT2D eigenvalue weighted by molar-refractivity contribution is 5.61. The third-order valence-electron chi connectivity index (χ3n) is 4.83. The molecule has 0 radical (unpaired) electrons. The molecule has 0 saturated heterocycles. The fraction of sp³-hybridized carbons (Fsp3) is 0.476. The van der Waals surface area contributed by atoms with Crippen LogP contribution in [0.4, 0.5) is 24.9 Å². The fourth-order valence-corrected chi connectivity index (χ4v) is 3.37. The molecule has 0 unspecified atom stereocenters. The SMILES string of the molecule is N#Cc1c(OCC(F)(F)F)nc(NCCOCCO)nc1N1CCc2ccccc2CC1. The van der Waals surface area contributed by atoms with Crippen molar-refractivity contribution in [3.05, 3.63) is 41.0 Å². The van der Waals surface area contributed by atoms with Crippen LogP contribution in [0.5, 0.6) is 5.88 Å². The molecular weight excluding hydrogens is 427 g/mol. The summed E-state index contributed by atoms with van der Waals surface area (Å²) in [5, 5.41) is 21.3. The molecule has 0 saturated carbocycles. The first-order valence-electron chi connectivity index (χ1n) is 10.2. The average Bonchev–Trinajstić information content (AvgIpc) is 2.99. The molecule has 1 aromatic heterocycles. The van der Waals surface area contributed by atoms with Crippen molar-refractivity contribution in [1.29, 1.82) is 5.26 Å². The molecule has 0 aliphatic carbocycles. The van der Waals surface area contributed by atoms with Crippen LogP contribution >= 0.6 is 0 Å². The van der Waals surface area contributed by atoms with Gasteiger partial charge in [-0.15, -0.1) is 0 Å². The number of aliphatic hydroxyl groups is 1. The monoisotopic (exact) mass is 451 g/mol. The second kappa shape index (κ2) is 11.0. The van der Waals surface area contributed by atoms with Crippen molar-refractivity contribution < 1.29 is 27.8 Å². The molecule has 2 N–H and O–H groups in total. The number of nitriles is 1. The normalized spacial score (nSPS) is 13.8. The van der Waals surface area contributed by atoms with E-state index in [0.717, 1.165) is 0 Å². The smallest absolute Gasteiger partial charge is 0.422 e. The van der Waals surface area contributed by atoms with E-state index in [-0.39, 0.29) is 43.7 Å². The summed E-state index contributed by atoms with van der Waals surface area (Å²) in [6, 6.07) is 9.92. The van der Waals surface area contributed by atoms with Crippen molar-refractivity contribution in [2.75, 3.05) is 56.3 Å².